The highest BCUT2D eigenvalue weighted by atomic mass is 19.4. The maximum atomic E-state index is 12.3. The van der Waals surface area contributed by atoms with Gasteiger partial charge in [-0.15, -0.1) is 13.2 Å². The molecule has 1 N–H and O–H groups in total. The van der Waals surface area contributed by atoms with E-state index >= 15 is 0 Å². The molecule has 1 aromatic heterocycles. The molecule has 0 spiro atoms. The van der Waals surface area contributed by atoms with E-state index in [0.717, 1.165) is 25.5 Å². The molecule has 10 heteroatoms. The number of carbonyl (C=O) groups is 2. The lowest BCUT2D eigenvalue weighted by Crippen LogP contribution is -2.45. The number of rotatable bonds is 2. The molecule has 0 saturated heterocycles. The minimum atomic E-state index is -4.96. The zero-order valence-electron chi connectivity index (χ0n) is 12.9. The topological polar surface area (TPSA) is 80.8 Å². The Labute approximate surface area is 130 Å². The summed E-state index contributed by atoms with van der Waals surface area (Å²) in [5.41, 5.74) is 0.815. The normalized spacial score (nSPS) is 11.6. The Morgan fingerprint density at radius 3 is 2.39 bits per heavy atom. The highest BCUT2D eigenvalue weighted by Gasteiger charge is 2.33. The first-order valence-corrected chi connectivity index (χ1v) is 6.36. The average molecular weight is 335 g/mol. The molecule has 0 aromatic carbocycles. The molecule has 1 aromatic rings. The summed E-state index contributed by atoms with van der Waals surface area (Å²) in [6, 6.07) is 0.891. The summed E-state index contributed by atoms with van der Waals surface area (Å²) in [5.74, 6) is -1.68. The number of hydrogen-bond donors (Lipinski definition) is 1. The predicted octanol–water partition coefficient (Wildman–Crippen LogP) is 2.49. The van der Waals surface area contributed by atoms with Gasteiger partial charge in [0, 0.05) is 19.4 Å². The molecule has 128 valence electrons. The second-order valence-electron chi connectivity index (χ2n) is 5.40. The third kappa shape index (κ3) is 6.41. The second kappa shape index (κ2) is 6.71. The zero-order chi connectivity index (χ0) is 17.8. The van der Waals surface area contributed by atoms with Crippen LogP contribution in [0.15, 0.2) is 18.5 Å². The number of halogens is 3. The molecular weight excluding hydrogens is 319 g/mol. The average Bonchev–Trinajstić information content (AvgIpc) is 2.34. The molecule has 0 atom stereocenters. The van der Waals surface area contributed by atoms with Gasteiger partial charge < -0.3 is 9.47 Å². The number of carbonyl (C=O) groups excluding carboxylic acids is 2. The van der Waals surface area contributed by atoms with Crippen LogP contribution in [0.4, 0.5) is 18.0 Å². The molecule has 0 saturated carbocycles. The van der Waals surface area contributed by atoms with Crippen LogP contribution < -0.4 is 10.2 Å². The smallest absolute Gasteiger partial charge is 0.443 e. The lowest BCUT2D eigenvalue weighted by Gasteiger charge is -2.24. The zero-order valence-corrected chi connectivity index (χ0v) is 12.9. The first-order valence-electron chi connectivity index (χ1n) is 6.36. The van der Waals surface area contributed by atoms with Gasteiger partial charge in [-0.1, -0.05) is 0 Å². The fraction of sp³-hybridized carbons (Fsp3) is 0.462. The summed E-state index contributed by atoms with van der Waals surface area (Å²) in [6.07, 6.45) is -3.96. The van der Waals surface area contributed by atoms with Crippen molar-refractivity contribution >= 4 is 12.0 Å². The van der Waals surface area contributed by atoms with Crippen molar-refractivity contribution in [2.75, 3.05) is 7.05 Å². The Bertz CT molecular complexity index is 585. The van der Waals surface area contributed by atoms with Crippen LogP contribution in [0.2, 0.25) is 0 Å². The van der Waals surface area contributed by atoms with Gasteiger partial charge in [0.25, 0.3) is 5.91 Å². The van der Waals surface area contributed by atoms with Crippen molar-refractivity contribution in [1.82, 2.24) is 15.4 Å². The van der Waals surface area contributed by atoms with Gasteiger partial charge in [-0.05, 0) is 26.8 Å². The number of amides is 2. The summed E-state index contributed by atoms with van der Waals surface area (Å²) in [4.78, 5) is 27.3. The van der Waals surface area contributed by atoms with Crippen molar-refractivity contribution in [2.24, 2.45) is 0 Å². The summed E-state index contributed by atoms with van der Waals surface area (Å²) in [6.45, 7) is 4.85. The van der Waals surface area contributed by atoms with Crippen molar-refractivity contribution in [2.45, 2.75) is 32.7 Å². The molecule has 0 aliphatic rings. The predicted molar refractivity (Wildman–Crippen MR) is 72.4 cm³/mol. The van der Waals surface area contributed by atoms with E-state index in [4.69, 9.17) is 4.74 Å². The lowest BCUT2D eigenvalue weighted by molar-refractivity contribution is -0.274. The summed E-state index contributed by atoms with van der Waals surface area (Å²) in [5, 5.41) is 0.675. The standard InChI is InChI=1S/C13H16F3N3O4/c1-12(2,3)23-11(21)18-19(4)10(20)8-7-17-6-5-9(8)22-13(14,15)16/h5-7H,1-4H3,(H,18,21). The van der Waals surface area contributed by atoms with E-state index in [9.17, 15) is 22.8 Å². The molecule has 0 aliphatic heterocycles. The Balaban J connectivity index is 2.87. The van der Waals surface area contributed by atoms with Crippen molar-refractivity contribution in [1.29, 1.82) is 0 Å². The SMILES string of the molecule is CN(NC(=O)OC(C)(C)C)C(=O)c1cnccc1OC(F)(F)F. The van der Waals surface area contributed by atoms with Crippen LogP contribution in [-0.4, -0.2) is 41.0 Å². The monoisotopic (exact) mass is 335 g/mol. The van der Waals surface area contributed by atoms with Crippen molar-refractivity contribution in [3.05, 3.63) is 24.0 Å². The van der Waals surface area contributed by atoms with E-state index in [2.05, 4.69) is 15.1 Å². The maximum absolute atomic E-state index is 12.3. The van der Waals surface area contributed by atoms with Crippen LogP contribution in [0.3, 0.4) is 0 Å². The number of pyridine rings is 1. The Morgan fingerprint density at radius 2 is 1.87 bits per heavy atom. The van der Waals surface area contributed by atoms with Gasteiger partial charge in [-0.3, -0.25) is 14.8 Å². The van der Waals surface area contributed by atoms with E-state index in [1.54, 1.807) is 20.8 Å². The molecule has 0 aliphatic carbocycles. The molecule has 0 fully saturated rings. The first-order chi connectivity index (χ1) is 10.4. The third-order valence-corrected chi connectivity index (χ3v) is 2.20. The van der Waals surface area contributed by atoms with E-state index in [1.807, 2.05) is 0 Å². The number of nitrogens with zero attached hydrogens (tertiary/aromatic N) is 2. The van der Waals surface area contributed by atoms with Crippen molar-refractivity contribution in [3.63, 3.8) is 0 Å². The molecule has 0 radical (unpaired) electrons. The molecule has 2 amide bonds. The Hall–Kier alpha value is -2.52. The van der Waals surface area contributed by atoms with Gasteiger partial charge in [-0.2, -0.15) is 0 Å². The summed E-state index contributed by atoms with van der Waals surface area (Å²) in [7, 11) is 1.15. The first kappa shape index (κ1) is 18.5. The van der Waals surface area contributed by atoms with Crippen LogP contribution in [0.1, 0.15) is 31.1 Å². The molecule has 1 heterocycles. The van der Waals surface area contributed by atoms with Crippen molar-refractivity contribution in [3.8, 4) is 5.75 Å². The van der Waals surface area contributed by atoms with E-state index in [-0.39, 0.29) is 0 Å². The third-order valence-electron chi connectivity index (χ3n) is 2.20. The van der Waals surface area contributed by atoms with Crippen LogP contribution in [0, 0.1) is 0 Å². The molecule has 0 bridgehead atoms. The summed E-state index contributed by atoms with van der Waals surface area (Å²) < 4.78 is 45.7. The largest absolute Gasteiger partial charge is 0.573 e. The number of nitrogens with one attached hydrogen (secondary N) is 1. The van der Waals surface area contributed by atoms with Gasteiger partial charge in [0.15, 0.2) is 0 Å². The number of aromatic nitrogens is 1. The Kier molecular flexibility index (Phi) is 5.41. The number of alkyl halides is 3. The van der Waals surface area contributed by atoms with Gasteiger partial charge in [0.05, 0.1) is 0 Å². The van der Waals surface area contributed by atoms with Gasteiger partial charge in [0.1, 0.15) is 16.9 Å². The molecule has 0 unspecified atom stereocenters. The Morgan fingerprint density at radius 1 is 1.26 bits per heavy atom. The summed E-state index contributed by atoms with van der Waals surface area (Å²) >= 11 is 0. The van der Waals surface area contributed by atoms with Crippen LogP contribution >= 0.6 is 0 Å². The van der Waals surface area contributed by atoms with Crippen LogP contribution in [0.25, 0.3) is 0 Å². The fourth-order valence-electron chi connectivity index (χ4n) is 1.43. The molecule has 7 nitrogen and oxygen atoms in total. The molecule has 23 heavy (non-hydrogen) atoms. The lowest BCUT2D eigenvalue weighted by atomic mass is 10.2. The minimum absolute atomic E-state index is 0.469. The number of ether oxygens (including phenoxy) is 2. The minimum Gasteiger partial charge on any atom is -0.443 e. The van der Waals surface area contributed by atoms with Gasteiger partial charge in [-0.25, -0.2) is 10.2 Å². The number of hydrazine groups is 1. The van der Waals surface area contributed by atoms with Gasteiger partial charge in [0.2, 0.25) is 0 Å². The number of hydrogen-bond acceptors (Lipinski definition) is 5. The van der Waals surface area contributed by atoms with E-state index < -0.39 is 35.3 Å². The quantitative estimate of drug-likeness (QED) is 0.840. The van der Waals surface area contributed by atoms with E-state index in [0.29, 0.717) is 5.01 Å². The van der Waals surface area contributed by atoms with E-state index in [1.165, 1.54) is 0 Å². The fourth-order valence-corrected chi connectivity index (χ4v) is 1.43. The molecule has 1 rings (SSSR count). The van der Waals surface area contributed by atoms with Crippen molar-refractivity contribution < 1.29 is 32.2 Å². The second-order valence-corrected chi connectivity index (χ2v) is 5.40. The van der Waals surface area contributed by atoms with Crippen LogP contribution in [0.5, 0.6) is 5.75 Å². The molecular formula is C13H16F3N3O4. The highest BCUT2D eigenvalue weighted by molar-refractivity contribution is 5.97. The van der Waals surface area contributed by atoms with Gasteiger partial charge >= 0.3 is 12.5 Å². The highest BCUT2D eigenvalue weighted by Crippen LogP contribution is 2.26. The maximum Gasteiger partial charge on any atom is 0.573 e. The van der Waals surface area contributed by atoms with Crippen LogP contribution in [-0.2, 0) is 4.74 Å².